The summed E-state index contributed by atoms with van der Waals surface area (Å²) in [5.41, 5.74) is 0.814. The zero-order valence-corrected chi connectivity index (χ0v) is 9.95. The van der Waals surface area contributed by atoms with Crippen LogP contribution in [0.2, 0.25) is 0 Å². The molecule has 80 valence electrons. The van der Waals surface area contributed by atoms with Crippen molar-refractivity contribution in [2.24, 2.45) is 0 Å². The van der Waals surface area contributed by atoms with Gasteiger partial charge in [0.15, 0.2) is 0 Å². The fourth-order valence-electron chi connectivity index (χ4n) is 1.09. The van der Waals surface area contributed by atoms with Gasteiger partial charge in [0.25, 0.3) is 0 Å². The first-order valence-electron chi connectivity index (χ1n) is 4.62. The summed E-state index contributed by atoms with van der Waals surface area (Å²) in [5, 5.41) is 19.7. The van der Waals surface area contributed by atoms with Gasteiger partial charge in [0.2, 0.25) is 0 Å². The number of hydrogen-bond donors (Lipinski definition) is 0. The van der Waals surface area contributed by atoms with Gasteiger partial charge in [0, 0.05) is 24.5 Å². The molecule has 0 unspecified atom stereocenters. The van der Waals surface area contributed by atoms with Crippen molar-refractivity contribution >= 4 is 16.9 Å². The van der Waals surface area contributed by atoms with Gasteiger partial charge >= 0.3 is 0 Å². The van der Waals surface area contributed by atoms with Gasteiger partial charge in [-0.15, -0.1) is 11.3 Å². The molecule has 1 rings (SSSR count). The van der Waals surface area contributed by atoms with Crippen LogP contribution in [0, 0.1) is 22.7 Å². The summed E-state index contributed by atoms with van der Waals surface area (Å²) in [4.78, 5) is 2.79. The topological polar surface area (TPSA) is 50.8 Å². The summed E-state index contributed by atoms with van der Waals surface area (Å²) >= 11 is 1.51. The summed E-state index contributed by atoms with van der Waals surface area (Å²) in [6.07, 6.45) is 3.61. The van der Waals surface area contributed by atoms with Gasteiger partial charge in [0.1, 0.15) is 17.7 Å². The monoisotopic (exact) mass is 229 g/mol. The Kier molecular flexibility index (Phi) is 4.32. The molecule has 0 aliphatic heterocycles. The second-order valence-corrected chi connectivity index (χ2v) is 4.22. The molecular formula is C12H11N3S. The second-order valence-electron chi connectivity index (χ2n) is 3.27. The van der Waals surface area contributed by atoms with Gasteiger partial charge in [-0.05, 0) is 23.7 Å². The van der Waals surface area contributed by atoms with Crippen LogP contribution in [0.3, 0.4) is 0 Å². The maximum absolute atomic E-state index is 8.89. The van der Waals surface area contributed by atoms with Gasteiger partial charge < -0.3 is 4.90 Å². The van der Waals surface area contributed by atoms with Crippen molar-refractivity contribution in [1.82, 2.24) is 4.90 Å². The molecule has 0 aromatic carbocycles. The SMILES string of the molecule is CN(C)/C=C/C(=C(C#N)C#N)c1cccs1. The molecule has 16 heavy (non-hydrogen) atoms. The molecule has 0 aliphatic carbocycles. The molecular weight excluding hydrogens is 218 g/mol. The quantitative estimate of drug-likeness (QED) is 0.591. The standard InChI is InChI=1S/C12H11N3S/c1-15(2)6-5-11(10(8-13)9-14)12-4-3-7-16-12/h3-7H,1-2H3/b6-5+. The minimum absolute atomic E-state index is 0.139. The van der Waals surface area contributed by atoms with Crippen molar-refractivity contribution < 1.29 is 0 Å². The Labute approximate surface area is 99.2 Å². The van der Waals surface area contributed by atoms with Crippen LogP contribution in [0.15, 0.2) is 35.4 Å². The lowest BCUT2D eigenvalue weighted by Gasteiger charge is -2.04. The Balaban J connectivity index is 3.22. The van der Waals surface area contributed by atoms with E-state index in [-0.39, 0.29) is 5.57 Å². The van der Waals surface area contributed by atoms with Gasteiger partial charge in [-0.3, -0.25) is 0 Å². The average Bonchev–Trinajstić information content (AvgIpc) is 2.77. The minimum Gasteiger partial charge on any atom is -0.383 e. The predicted octanol–water partition coefficient (Wildman–Crippen LogP) is 2.62. The first-order chi connectivity index (χ1) is 7.69. The lowest BCUT2D eigenvalue weighted by atomic mass is 10.1. The van der Waals surface area contributed by atoms with Crippen LogP contribution in [0.5, 0.6) is 0 Å². The van der Waals surface area contributed by atoms with Crippen LogP contribution in [0.4, 0.5) is 0 Å². The van der Waals surface area contributed by atoms with E-state index in [1.165, 1.54) is 11.3 Å². The molecule has 0 saturated carbocycles. The molecule has 1 aromatic heterocycles. The molecule has 0 amide bonds. The number of nitrogens with zero attached hydrogens (tertiary/aromatic N) is 3. The van der Waals surface area contributed by atoms with Crippen LogP contribution < -0.4 is 0 Å². The predicted molar refractivity (Wildman–Crippen MR) is 65.3 cm³/mol. The molecule has 0 bridgehead atoms. The third kappa shape index (κ3) is 2.98. The maximum atomic E-state index is 8.89. The number of nitriles is 2. The Morgan fingerprint density at radius 3 is 2.50 bits per heavy atom. The smallest absolute Gasteiger partial charge is 0.138 e. The molecule has 0 radical (unpaired) electrons. The number of rotatable bonds is 3. The van der Waals surface area contributed by atoms with E-state index in [0.717, 1.165) is 4.88 Å². The van der Waals surface area contributed by atoms with Crippen LogP contribution in [0.25, 0.3) is 5.57 Å². The normalized spacial score (nSPS) is 9.50. The highest BCUT2D eigenvalue weighted by Crippen LogP contribution is 2.24. The molecule has 0 fully saturated rings. The average molecular weight is 229 g/mol. The summed E-state index contributed by atoms with van der Waals surface area (Å²) in [6.45, 7) is 0. The molecule has 4 heteroatoms. The fraction of sp³-hybridized carbons (Fsp3) is 0.167. The van der Waals surface area contributed by atoms with Crippen LogP contribution >= 0.6 is 11.3 Å². The third-order valence-corrected chi connectivity index (χ3v) is 2.72. The van der Waals surface area contributed by atoms with E-state index >= 15 is 0 Å². The van der Waals surface area contributed by atoms with Crippen LogP contribution in [0.1, 0.15) is 4.88 Å². The van der Waals surface area contributed by atoms with E-state index in [1.807, 2.05) is 54.8 Å². The molecule has 0 saturated heterocycles. The van der Waals surface area contributed by atoms with Gasteiger partial charge in [-0.2, -0.15) is 10.5 Å². The number of thiophene rings is 1. The van der Waals surface area contributed by atoms with Crippen LogP contribution in [-0.2, 0) is 0 Å². The largest absolute Gasteiger partial charge is 0.383 e. The van der Waals surface area contributed by atoms with Crippen molar-refractivity contribution in [2.45, 2.75) is 0 Å². The summed E-state index contributed by atoms with van der Waals surface area (Å²) < 4.78 is 0. The highest BCUT2D eigenvalue weighted by Gasteiger charge is 2.06. The molecule has 0 N–H and O–H groups in total. The summed E-state index contributed by atoms with van der Waals surface area (Å²) in [7, 11) is 3.78. The van der Waals surface area contributed by atoms with E-state index in [2.05, 4.69) is 0 Å². The van der Waals surface area contributed by atoms with Gasteiger partial charge in [-0.1, -0.05) is 6.07 Å². The summed E-state index contributed by atoms with van der Waals surface area (Å²) in [6, 6.07) is 7.63. The van der Waals surface area contributed by atoms with Crippen molar-refractivity contribution in [2.75, 3.05) is 14.1 Å². The van der Waals surface area contributed by atoms with E-state index in [9.17, 15) is 0 Å². The zero-order chi connectivity index (χ0) is 12.0. The Morgan fingerprint density at radius 1 is 1.38 bits per heavy atom. The van der Waals surface area contributed by atoms with Gasteiger partial charge in [0.05, 0.1) is 0 Å². The molecule has 0 aliphatic rings. The Bertz CT molecular complexity index is 465. The van der Waals surface area contributed by atoms with E-state index in [4.69, 9.17) is 10.5 Å². The Morgan fingerprint density at radius 2 is 2.06 bits per heavy atom. The van der Waals surface area contributed by atoms with Gasteiger partial charge in [-0.25, -0.2) is 0 Å². The summed E-state index contributed by atoms with van der Waals surface area (Å²) in [5.74, 6) is 0. The van der Waals surface area contributed by atoms with Crippen molar-refractivity contribution in [3.05, 3.63) is 40.2 Å². The first-order valence-corrected chi connectivity index (χ1v) is 5.50. The fourth-order valence-corrected chi connectivity index (χ4v) is 1.85. The highest BCUT2D eigenvalue weighted by molar-refractivity contribution is 7.11. The van der Waals surface area contributed by atoms with E-state index < -0.39 is 0 Å². The minimum atomic E-state index is 0.139. The molecule has 1 heterocycles. The zero-order valence-electron chi connectivity index (χ0n) is 9.14. The highest BCUT2D eigenvalue weighted by atomic mass is 32.1. The molecule has 0 atom stereocenters. The lowest BCUT2D eigenvalue weighted by Crippen LogP contribution is -2.00. The maximum Gasteiger partial charge on any atom is 0.138 e. The van der Waals surface area contributed by atoms with Crippen molar-refractivity contribution in [3.8, 4) is 12.1 Å². The van der Waals surface area contributed by atoms with Crippen LogP contribution in [-0.4, -0.2) is 19.0 Å². The lowest BCUT2D eigenvalue weighted by molar-refractivity contribution is 0.564. The first kappa shape index (κ1) is 12.0. The second kappa shape index (κ2) is 5.75. The number of hydrogen-bond acceptors (Lipinski definition) is 4. The van der Waals surface area contributed by atoms with Crippen molar-refractivity contribution in [3.63, 3.8) is 0 Å². The number of allylic oxidation sites excluding steroid dienone is 3. The van der Waals surface area contributed by atoms with Crippen molar-refractivity contribution in [1.29, 1.82) is 10.5 Å². The Hall–Kier alpha value is -2.04. The van der Waals surface area contributed by atoms with E-state index in [1.54, 1.807) is 6.08 Å². The molecule has 1 aromatic rings. The molecule has 3 nitrogen and oxygen atoms in total. The molecule has 0 spiro atoms. The third-order valence-electron chi connectivity index (χ3n) is 1.82. The van der Waals surface area contributed by atoms with E-state index in [0.29, 0.717) is 5.57 Å².